The molecule has 1 amide bonds. The van der Waals surface area contributed by atoms with E-state index in [0.717, 1.165) is 14.8 Å². The molecule has 1 aliphatic heterocycles. The molecule has 1 saturated heterocycles. The number of carbonyl (C=O) groups is 1. The average molecular weight is 346 g/mol. The van der Waals surface area contributed by atoms with Gasteiger partial charge in [0.05, 0.1) is 19.1 Å². The van der Waals surface area contributed by atoms with Gasteiger partial charge in [-0.05, 0) is 53.3 Å². The van der Waals surface area contributed by atoms with Crippen molar-refractivity contribution in [2.75, 3.05) is 18.5 Å². The number of halogens is 1. The van der Waals surface area contributed by atoms with E-state index in [4.69, 9.17) is 10.5 Å². The minimum Gasteiger partial charge on any atom is -0.379 e. The highest BCUT2D eigenvalue weighted by Crippen LogP contribution is 2.20. The molecule has 0 saturated carbocycles. The minimum atomic E-state index is -0.242. The van der Waals surface area contributed by atoms with Crippen LogP contribution in [-0.2, 0) is 9.53 Å². The lowest BCUT2D eigenvalue weighted by Gasteiger charge is -2.14. The maximum Gasteiger partial charge on any atom is 0.231 e. The Morgan fingerprint density at radius 1 is 1.53 bits per heavy atom. The van der Waals surface area contributed by atoms with Gasteiger partial charge in [-0.2, -0.15) is 0 Å². The van der Waals surface area contributed by atoms with E-state index in [9.17, 15) is 4.79 Å². The predicted octanol–water partition coefficient (Wildman–Crippen LogP) is 1.51. The molecule has 0 radical (unpaired) electrons. The second-order valence-electron chi connectivity index (χ2n) is 4.26. The molecule has 2 unspecified atom stereocenters. The van der Waals surface area contributed by atoms with Crippen molar-refractivity contribution in [2.24, 2.45) is 11.7 Å². The van der Waals surface area contributed by atoms with Crippen LogP contribution in [0.3, 0.4) is 0 Å². The Bertz CT molecular complexity index is 437. The van der Waals surface area contributed by atoms with Crippen molar-refractivity contribution in [3.63, 3.8) is 0 Å². The highest BCUT2D eigenvalue weighted by molar-refractivity contribution is 14.1. The van der Waals surface area contributed by atoms with Gasteiger partial charge in [-0.25, -0.2) is 0 Å². The van der Waals surface area contributed by atoms with Crippen molar-refractivity contribution in [1.29, 1.82) is 0 Å². The van der Waals surface area contributed by atoms with Gasteiger partial charge in [0.1, 0.15) is 0 Å². The Morgan fingerprint density at radius 2 is 2.29 bits per heavy atom. The number of hydrogen-bond donors (Lipinski definition) is 2. The van der Waals surface area contributed by atoms with E-state index in [-0.39, 0.29) is 17.9 Å². The van der Waals surface area contributed by atoms with Crippen molar-refractivity contribution >= 4 is 34.2 Å². The van der Waals surface area contributed by atoms with Gasteiger partial charge >= 0.3 is 0 Å². The largest absolute Gasteiger partial charge is 0.379 e. The van der Waals surface area contributed by atoms with Crippen LogP contribution in [0.15, 0.2) is 18.2 Å². The summed E-state index contributed by atoms with van der Waals surface area (Å²) in [7, 11) is 0. The lowest BCUT2D eigenvalue weighted by molar-refractivity contribution is -0.120. The van der Waals surface area contributed by atoms with E-state index in [1.165, 1.54) is 0 Å². The molecular formula is C12H15IN2O2. The first-order valence-corrected chi connectivity index (χ1v) is 6.56. The van der Waals surface area contributed by atoms with E-state index < -0.39 is 0 Å². The molecule has 4 nitrogen and oxygen atoms in total. The molecule has 1 fully saturated rings. The summed E-state index contributed by atoms with van der Waals surface area (Å²) in [5.74, 6) is -0.298. The molecule has 92 valence electrons. The molecule has 1 heterocycles. The van der Waals surface area contributed by atoms with Gasteiger partial charge in [-0.3, -0.25) is 4.79 Å². The molecule has 0 aromatic heterocycles. The Morgan fingerprint density at radius 3 is 2.88 bits per heavy atom. The van der Waals surface area contributed by atoms with Crippen LogP contribution in [0, 0.1) is 16.4 Å². The second kappa shape index (κ2) is 5.32. The summed E-state index contributed by atoms with van der Waals surface area (Å²) in [6.45, 7) is 2.85. The first-order valence-electron chi connectivity index (χ1n) is 5.48. The number of hydrogen-bond acceptors (Lipinski definition) is 3. The maximum absolute atomic E-state index is 12.0. The van der Waals surface area contributed by atoms with E-state index in [1.54, 1.807) is 0 Å². The van der Waals surface area contributed by atoms with Crippen LogP contribution in [0.4, 0.5) is 5.69 Å². The summed E-state index contributed by atoms with van der Waals surface area (Å²) in [4.78, 5) is 12.0. The number of ether oxygens (including phenoxy) is 1. The fourth-order valence-electron chi connectivity index (χ4n) is 1.83. The third kappa shape index (κ3) is 2.97. The van der Waals surface area contributed by atoms with Gasteiger partial charge in [-0.15, -0.1) is 0 Å². The number of nitrogens with one attached hydrogen (secondary N) is 1. The fraction of sp³-hybridized carbons (Fsp3) is 0.417. The van der Waals surface area contributed by atoms with Gasteiger partial charge in [0.25, 0.3) is 0 Å². The number of rotatable bonds is 2. The van der Waals surface area contributed by atoms with Crippen LogP contribution in [0.2, 0.25) is 0 Å². The first-order chi connectivity index (χ1) is 8.08. The maximum atomic E-state index is 12.0. The number of anilines is 1. The topological polar surface area (TPSA) is 64.3 Å². The van der Waals surface area contributed by atoms with Crippen LogP contribution in [0.5, 0.6) is 0 Å². The van der Waals surface area contributed by atoms with Crippen LogP contribution < -0.4 is 11.1 Å². The molecule has 0 aliphatic carbocycles. The van der Waals surface area contributed by atoms with Crippen molar-refractivity contribution in [1.82, 2.24) is 0 Å². The van der Waals surface area contributed by atoms with Crippen LogP contribution in [-0.4, -0.2) is 25.2 Å². The summed E-state index contributed by atoms with van der Waals surface area (Å²) < 4.78 is 6.34. The predicted molar refractivity (Wildman–Crippen MR) is 74.8 cm³/mol. The molecule has 1 aliphatic rings. The number of carbonyl (C=O) groups excluding carboxylic acids is 1. The summed E-state index contributed by atoms with van der Waals surface area (Å²) >= 11 is 2.24. The van der Waals surface area contributed by atoms with Gasteiger partial charge in [0, 0.05) is 15.3 Å². The first kappa shape index (κ1) is 12.8. The van der Waals surface area contributed by atoms with Crippen LogP contribution in [0.1, 0.15) is 5.56 Å². The van der Waals surface area contributed by atoms with Gasteiger partial charge < -0.3 is 15.8 Å². The third-order valence-electron chi connectivity index (χ3n) is 2.91. The fourth-order valence-corrected chi connectivity index (χ4v) is 2.48. The summed E-state index contributed by atoms with van der Waals surface area (Å²) in [5, 5.41) is 2.91. The standard InChI is InChI=1S/C12H15IN2O2/c1-7-4-8(13)2-3-11(7)15-12(16)9-5-17-6-10(9)14/h2-4,9-10H,5-6,14H2,1H3,(H,15,16). The van der Waals surface area contributed by atoms with E-state index in [0.29, 0.717) is 13.2 Å². The lowest BCUT2D eigenvalue weighted by atomic mass is 10.0. The summed E-state index contributed by atoms with van der Waals surface area (Å²) in [6, 6.07) is 5.71. The SMILES string of the molecule is Cc1cc(I)ccc1NC(=O)C1COCC1N. The van der Waals surface area contributed by atoms with E-state index in [2.05, 4.69) is 27.9 Å². The Balaban J connectivity index is 2.07. The van der Waals surface area contributed by atoms with Gasteiger partial charge in [0.15, 0.2) is 0 Å². The molecule has 0 bridgehead atoms. The van der Waals surface area contributed by atoms with Crippen LogP contribution in [0.25, 0.3) is 0 Å². The summed E-state index contributed by atoms with van der Waals surface area (Å²) in [6.07, 6.45) is 0. The molecule has 2 rings (SSSR count). The molecule has 2 atom stereocenters. The van der Waals surface area contributed by atoms with Gasteiger partial charge in [0.2, 0.25) is 5.91 Å². The van der Waals surface area contributed by atoms with E-state index in [1.807, 2.05) is 25.1 Å². The zero-order valence-electron chi connectivity index (χ0n) is 9.57. The number of amides is 1. The molecule has 0 spiro atoms. The van der Waals surface area contributed by atoms with E-state index >= 15 is 0 Å². The van der Waals surface area contributed by atoms with Gasteiger partial charge in [-0.1, -0.05) is 0 Å². The zero-order valence-corrected chi connectivity index (χ0v) is 11.7. The van der Waals surface area contributed by atoms with Crippen molar-refractivity contribution in [3.05, 3.63) is 27.3 Å². The molecule has 17 heavy (non-hydrogen) atoms. The summed E-state index contributed by atoms with van der Waals surface area (Å²) in [5.41, 5.74) is 7.70. The second-order valence-corrected chi connectivity index (χ2v) is 5.50. The van der Waals surface area contributed by atoms with Crippen molar-refractivity contribution < 1.29 is 9.53 Å². The molecule has 1 aromatic carbocycles. The zero-order chi connectivity index (χ0) is 12.4. The number of benzene rings is 1. The van der Waals surface area contributed by atoms with Crippen LogP contribution >= 0.6 is 22.6 Å². The smallest absolute Gasteiger partial charge is 0.231 e. The highest BCUT2D eigenvalue weighted by Gasteiger charge is 2.31. The Labute approximate surface area is 114 Å². The Hall–Kier alpha value is -0.660. The monoisotopic (exact) mass is 346 g/mol. The number of nitrogens with two attached hydrogens (primary N) is 1. The van der Waals surface area contributed by atoms with Crippen molar-refractivity contribution in [2.45, 2.75) is 13.0 Å². The molecular weight excluding hydrogens is 331 g/mol. The van der Waals surface area contributed by atoms with Crippen molar-refractivity contribution in [3.8, 4) is 0 Å². The number of aryl methyl sites for hydroxylation is 1. The molecule has 5 heteroatoms. The quantitative estimate of drug-likeness (QED) is 0.798. The average Bonchev–Trinajstić information content (AvgIpc) is 2.68. The molecule has 1 aromatic rings. The third-order valence-corrected chi connectivity index (χ3v) is 3.58. The molecule has 3 N–H and O–H groups in total. The Kier molecular flexibility index (Phi) is 4.01. The lowest BCUT2D eigenvalue weighted by Crippen LogP contribution is -2.37. The normalized spacial score (nSPS) is 23.7. The highest BCUT2D eigenvalue weighted by atomic mass is 127. The minimum absolute atomic E-state index is 0.0562.